The molecule has 1 aromatic carbocycles. The van der Waals surface area contributed by atoms with E-state index in [0.717, 1.165) is 16.7 Å². The molecule has 2 rings (SSSR count). The van der Waals surface area contributed by atoms with Gasteiger partial charge in [-0.1, -0.05) is 23.8 Å². The fourth-order valence-electron chi connectivity index (χ4n) is 2.18. The van der Waals surface area contributed by atoms with Gasteiger partial charge < -0.3 is 10.2 Å². The van der Waals surface area contributed by atoms with Crippen molar-refractivity contribution in [3.63, 3.8) is 0 Å². The highest BCUT2D eigenvalue weighted by Gasteiger charge is 2.21. The van der Waals surface area contributed by atoms with Crippen LogP contribution in [-0.4, -0.2) is 12.6 Å². The number of carbonyl (C=O) groups excluding carboxylic acids is 1. The third-order valence-corrected chi connectivity index (χ3v) is 3.98. The molecule has 0 bridgehead atoms. The molecule has 1 aromatic heterocycles. The summed E-state index contributed by atoms with van der Waals surface area (Å²) < 4.78 is 5.13. The van der Waals surface area contributed by atoms with Crippen molar-refractivity contribution < 1.29 is 9.53 Å². The Morgan fingerprint density at radius 1 is 1.35 bits per heavy atom. The van der Waals surface area contributed by atoms with Gasteiger partial charge in [0.2, 0.25) is 0 Å². The second-order valence-electron chi connectivity index (χ2n) is 4.54. The van der Waals surface area contributed by atoms with E-state index < -0.39 is 0 Å². The molecular weight excluding hydrogens is 272 g/mol. The van der Waals surface area contributed by atoms with E-state index in [-0.39, 0.29) is 5.97 Å². The number of hydrogen-bond donors (Lipinski definition) is 2. The summed E-state index contributed by atoms with van der Waals surface area (Å²) >= 11 is 1.40. The van der Waals surface area contributed by atoms with Crippen molar-refractivity contribution in [2.45, 2.75) is 20.8 Å². The summed E-state index contributed by atoms with van der Waals surface area (Å²) in [7, 11) is 0. The third-order valence-electron chi connectivity index (χ3n) is 3.07. The molecule has 0 amide bonds. The van der Waals surface area contributed by atoms with E-state index in [4.69, 9.17) is 10.6 Å². The largest absolute Gasteiger partial charge is 0.462 e. The Kier molecular flexibility index (Phi) is 4.42. The maximum atomic E-state index is 12.1. The zero-order valence-electron chi connectivity index (χ0n) is 11.8. The van der Waals surface area contributed by atoms with Crippen LogP contribution in [0.3, 0.4) is 0 Å². The van der Waals surface area contributed by atoms with Crippen molar-refractivity contribution >= 4 is 22.3 Å². The highest BCUT2D eigenvalue weighted by atomic mass is 32.1. The van der Waals surface area contributed by atoms with Gasteiger partial charge in [0.25, 0.3) is 0 Å². The summed E-state index contributed by atoms with van der Waals surface area (Å²) in [5.41, 5.74) is 7.28. The van der Waals surface area contributed by atoms with Crippen molar-refractivity contribution in [1.82, 2.24) is 0 Å². The van der Waals surface area contributed by atoms with Crippen LogP contribution < -0.4 is 11.3 Å². The van der Waals surface area contributed by atoms with Gasteiger partial charge in [-0.25, -0.2) is 10.6 Å². The maximum Gasteiger partial charge on any atom is 0.341 e. The minimum atomic E-state index is -0.350. The van der Waals surface area contributed by atoms with E-state index in [2.05, 4.69) is 11.5 Å². The monoisotopic (exact) mass is 290 g/mol. The molecular formula is C15H18N2O2S. The van der Waals surface area contributed by atoms with Crippen molar-refractivity contribution in [2.75, 3.05) is 12.0 Å². The summed E-state index contributed by atoms with van der Waals surface area (Å²) in [6, 6.07) is 6.15. The predicted octanol–water partition coefficient (Wildman–Crippen LogP) is 3.49. The Balaban J connectivity index is 2.56. The molecule has 20 heavy (non-hydrogen) atoms. The Morgan fingerprint density at radius 2 is 2.10 bits per heavy atom. The van der Waals surface area contributed by atoms with Gasteiger partial charge in [0.1, 0.15) is 10.6 Å². The van der Waals surface area contributed by atoms with Crippen molar-refractivity contribution in [2.24, 2.45) is 5.84 Å². The number of nitrogens with one attached hydrogen (secondary N) is 1. The van der Waals surface area contributed by atoms with Crippen LogP contribution >= 0.6 is 11.3 Å². The number of thiophene rings is 1. The second kappa shape index (κ2) is 6.07. The molecule has 4 nitrogen and oxygen atoms in total. The molecule has 106 valence electrons. The number of rotatable bonds is 4. The molecule has 0 fully saturated rings. The number of ether oxygens (including phenoxy) is 1. The van der Waals surface area contributed by atoms with Gasteiger partial charge in [-0.15, -0.1) is 11.3 Å². The quantitative estimate of drug-likeness (QED) is 0.514. The zero-order chi connectivity index (χ0) is 14.7. The first-order valence-electron chi connectivity index (χ1n) is 6.41. The third kappa shape index (κ3) is 2.69. The zero-order valence-corrected chi connectivity index (χ0v) is 12.6. The molecule has 1 heterocycles. The summed E-state index contributed by atoms with van der Waals surface area (Å²) in [6.07, 6.45) is 0. The summed E-state index contributed by atoms with van der Waals surface area (Å²) in [5.74, 6) is 5.14. The summed E-state index contributed by atoms with van der Waals surface area (Å²) in [6.45, 7) is 6.20. The average Bonchev–Trinajstić information content (AvgIpc) is 2.82. The normalized spacial score (nSPS) is 10.4. The molecule has 0 aliphatic rings. The van der Waals surface area contributed by atoms with Gasteiger partial charge in [-0.05, 0) is 31.9 Å². The lowest BCUT2D eigenvalue weighted by Gasteiger charge is -2.09. The first-order valence-corrected chi connectivity index (χ1v) is 7.29. The number of hydrazine groups is 1. The van der Waals surface area contributed by atoms with Crippen molar-refractivity contribution in [1.29, 1.82) is 0 Å². The Hall–Kier alpha value is -1.85. The van der Waals surface area contributed by atoms with Crippen molar-refractivity contribution in [3.8, 4) is 11.1 Å². The van der Waals surface area contributed by atoms with E-state index in [9.17, 15) is 4.79 Å². The minimum Gasteiger partial charge on any atom is -0.462 e. The first-order chi connectivity index (χ1) is 9.58. The van der Waals surface area contributed by atoms with Crippen molar-refractivity contribution in [3.05, 3.63) is 40.3 Å². The SMILES string of the molecule is CCOC(=O)c1c(-c2ccc(C)cc2C)csc1NN. The number of benzene rings is 1. The molecule has 0 radical (unpaired) electrons. The standard InChI is InChI=1S/C15H18N2O2S/c1-4-19-15(18)13-12(8-20-14(13)17-16)11-6-5-9(2)7-10(11)3/h5-8,17H,4,16H2,1-3H3. The smallest absolute Gasteiger partial charge is 0.341 e. The molecule has 0 aliphatic carbocycles. The average molecular weight is 290 g/mol. The van der Waals surface area contributed by atoms with Crippen LogP contribution in [-0.2, 0) is 4.74 Å². The molecule has 0 saturated carbocycles. The van der Waals surface area contributed by atoms with E-state index in [1.54, 1.807) is 6.92 Å². The number of hydrogen-bond acceptors (Lipinski definition) is 5. The van der Waals surface area contributed by atoms with E-state index in [1.807, 2.05) is 31.4 Å². The number of esters is 1. The highest BCUT2D eigenvalue weighted by Crippen LogP contribution is 2.37. The number of nitrogens with two attached hydrogens (primary N) is 1. The molecule has 0 unspecified atom stereocenters. The molecule has 0 atom stereocenters. The Labute approximate surface area is 122 Å². The van der Waals surface area contributed by atoms with Gasteiger partial charge in [-0.2, -0.15) is 0 Å². The van der Waals surface area contributed by atoms with Gasteiger partial charge in [0, 0.05) is 10.9 Å². The highest BCUT2D eigenvalue weighted by molar-refractivity contribution is 7.15. The summed E-state index contributed by atoms with van der Waals surface area (Å²) in [4.78, 5) is 12.1. The maximum absolute atomic E-state index is 12.1. The number of nitrogen functional groups attached to an aromatic ring is 1. The van der Waals surface area contributed by atoms with Gasteiger partial charge >= 0.3 is 5.97 Å². The topological polar surface area (TPSA) is 64.3 Å². The van der Waals surface area contributed by atoms with Crippen LogP contribution in [0.25, 0.3) is 11.1 Å². The second-order valence-corrected chi connectivity index (χ2v) is 5.42. The van der Waals surface area contributed by atoms with E-state index in [0.29, 0.717) is 17.2 Å². The molecule has 2 aromatic rings. The van der Waals surface area contributed by atoms with Crippen LogP contribution in [0.5, 0.6) is 0 Å². The van der Waals surface area contributed by atoms with Crippen LogP contribution in [0.4, 0.5) is 5.00 Å². The van der Waals surface area contributed by atoms with Gasteiger partial charge in [-0.3, -0.25) is 0 Å². The molecule has 0 aliphatic heterocycles. The minimum absolute atomic E-state index is 0.338. The van der Waals surface area contributed by atoms with Crippen LogP contribution in [0.2, 0.25) is 0 Å². The Morgan fingerprint density at radius 3 is 2.70 bits per heavy atom. The lowest BCUT2D eigenvalue weighted by Crippen LogP contribution is -2.12. The van der Waals surface area contributed by atoms with E-state index in [1.165, 1.54) is 16.9 Å². The molecule has 0 saturated heterocycles. The van der Waals surface area contributed by atoms with Gasteiger partial charge in [0.05, 0.1) is 6.61 Å². The van der Waals surface area contributed by atoms with Crippen LogP contribution in [0.1, 0.15) is 28.4 Å². The van der Waals surface area contributed by atoms with Crippen LogP contribution in [0.15, 0.2) is 23.6 Å². The number of carbonyl (C=O) groups is 1. The number of aryl methyl sites for hydroxylation is 2. The molecule has 3 N–H and O–H groups in total. The van der Waals surface area contributed by atoms with E-state index >= 15 is 0 Å². The Bertz CT molecular complexity index is 635. The predicted molar refractivity (Wildman–Crippen MR) is 83.0 cm³/mol. The fourth-order valence-corrected chi connectivity index (χ4v) is 3.04. The van der Waals surface area contributed by atoms with Crippen LogP contribution in [0, 0.1) is 13.8 Å². The summed E-state index contributed by atoms with van der Waals surface area (Å²) in [5, 5.41) is 2.55. The number of anilines is 1. The molecule has 0 spiro atoms. The lowest BCUT2D eigenvalue weighted by molar-refractivity contribution is 0.0529. The lowest BCUT2D eigenvalue weighted by atomic mass is 9.98. The first kappa shape index (κ1) is 14.6. The fraction of sp³-hybridized carbons (Fsp3) is 0.267. The molecule has 5 heteroatoms. The van der Waals surface area contributed by atoms with Gasteiger partial charge in [0.15, 0.2) is 0 Å².